The summed E-state index contributed by atoms with van der Waals surface area (Å²) in [6.45, 7) is 3.72. The Kier molecular flexibility index (Phi) is 3.09. The minimum absolute atomic E-state index is 0.00633. The van der Waals surface area contributed by atoms with E-state index >= 15 is 0 Å². The molecule has 4 heteroatoms. The molecule has 1 unspecified atom stereocenters. The third-order valence-electron chi connectivity index (χ3n) is 3.02. The van der Waals surface area contributed by atoms with Gasteiger partial charge in [0, 0.05) is 18.0 Å². The van der Waals surface area contributed by atoms with Gasteiger partial charge in [-0.1, -0.05) is 24.3 Å². The van der Waals surface area contributed by atoms with Crippen molar-refractivity contribution in [3.8, 4) is 0 Å². The molecule has 0 bridgehead atoms. The zero-order chi connectivity index (χ0) is 12.5. The lowest BCUT2D eigenvalue weighted by Gasteiger charge is -2.19. The lowest BCUT2D eigenvalue weighted by Crippen LogP contribution is -2.41. The fourth-order valence-corrected chi connectivity index (χ4v) is 2.06. The monoisotopic (exact) mass is 233 g/mol. The molecule has 2 rings (SSSR count). The number of aryl methyl sites for hydroxylation is 1. The molecule has 1 aromatic carbocycles. The molecule has 4 nitrogen and oxygen atoms in total. The first-order valence-corrected chi connectivity index (χ1v) is 5.59. The zero-order valence-corrected chi connectivity index (χ0v) is 9.90. The Hall–Kier alpha value is -1.52. The number of hydrogen-bond donors (Lipinski definition) is 1. The zero-order valence-electron chi connectivity index (χ0n) is 9.90. The van der Waals surface area contributed by atoms with Crippen molar-refractivity contribution in [3.63, 3.8) is 0 Å². The van der Waals surface area contributed by atoms with Crippen molar-refractivity contribution in [2.24, 2.45) is 0 Å². The van der Waals surface area contributed by atoms with Gasteiger partial charge in [-0.15, -0.1) is 0 Å². The van der Waals surface area contributed by atoms with E-state index in [1.807, 2.05) is 26.0 Å². The highest BCUT2D eigenvalue weighted by atomic mass is 16.7. The molecule has 0 amide bonds. The van der Waals surface area contributed by atoms with Crippen LogP contribution in [0.25, 0.3) is 0 Å². The molecule has 1 heterocycles. The molecule has 0 radical (unpaired) electrons. The van der Waals surface area contributed by atoms with Crippen LogP contribution >= 0.6 is 0 Å². The second-order valence-electron chi connectivity index (χ2n) is 4.48. The highest BCUT2D eigenvalue weighted by Crippen LogP contribution is 2.27. The standard InChI is InChI=1S/C13H15NO3/c1-9-5-3-4-6-11(9)12(16)13(8-15)7-10(2)14-17-13/h3-6,8,10,14H,7H2,1-2H3/t10?,13-/m1/s1. The molecule has 1 N–H and O–H groups in total. The minimum atomic E-state index is -1.37. The van der Waals surface area contributed by atoms with Gasteiger partial charge in [0.05, 0.1) is 0 Å². The van der Waals surface area contributed by atoms with E-state index in [1.165, 1.54) is 0 Å². The number of hydroxylamine groups is 1. The van der Waals surface area contributed by atoms with Crippen LogP contribution in [0.5, 0.6) is 0 Å². The van der Waals surface area contributed by atoms with Crippen molar-refractivity contribution < 1.29 is 14.4 Å². The molecular formula is C13H15NO3. The molecule has 0 spiro atoms. The van der Waals surface area contributed by atoms with Crippen LogP contribution in [0.2, 0.25) is 0 Å². The summed E-state index contributed by atoms with van der Waals surface area (Å²) in [5.41, 5.74) is 2.70. The molecular weight excluding hydrogens is 218 g/mol. The minimum Gasteiger partial charge on any atom is -0.300 e. The summed E-state index contributed by atoms with van der Waals surface area (Å²) >= 11 is 0. The van der Waals surface area contributed by atoms with E-state index in [1.54, 1.807) is 12.1 Å². The summed E-state index contributed by atoms with van der Waals surface area (Å²) in [6.07, 6.45) is 0.960. The maximum atomic E-state index is 12.4. The van der Waals surface area contributed by atoms with Crippen LogP contribution < -0.4 is 5.48 Å². The molecule has 0 aromatic heterocycles. The first-order valence-electron chi connectivity index (χ1n) is 5.59. The topological polar surface area (TPSA) is 55.4 Å². The Labute approximate surface area is 99.9 Å². The molecule has 2 atom stereocenters. The predicted octanol–water partition coefficient (Wildman–Crippen LogP) is 1.43. The highest BCUT2D eigenvalue weighted by Gasteiger charge is 2.46. The maximum Gasteiger partial charge on any atom is 0.208 e. The van der Waals surface area contributed by atoms with Gasteiger partial charge in [0.25, 0.3) is 0 Å². The van der Waals surface area contributed by atoms with Crippen LogP contribution in [0.15, 0.2) is 24.3 Å². The molecule has 0 saturated carbocycles. The van der Waals surface area contributed by atoms with Gasteiger partial charge in [-0.25, -0.2) is 0 Å². The smallest absolute Gasteiger partial charge is 0.208 e. The molecule has 1 fully saturated rings. The first-order chi connectivity index (χ1) is 8.09. The number of hydrogen-bond acceptors (Lipinski definition) is 4. The van der Waals surface area contributed by atoms with Crippen LogP contribution in [0.4, 0.5) is 0 Å². The van der Waals surface area contributed by atoms with Crippen LogP contribution in [-0.2, 0) is 9.63 Å². The number of nitrogens with one attached hydrogen (secondary N) is 1. The second-order valence-corrected chi connectivity index (χ2v) is 4.48. The van der Waals surface area contributed by atoms with Crippen LogP contribution in [0, 0.1) is 6.92 Å². The van der Waals surface area contributed by atoms with E-state index in [4.69, 9.17) is 4.84 Å². The van der Waals surface area contributed by atoms with E-state index in [0.29, 0.717) is 18.3 Å². The highest BCUT2D eigenvalue weighted by molar-refractivity contribution is 6.12. The van der Waals surface area contributed by atoms with E-state index in [2.05, 4.69) is 5.48 Å². The maximum absolute atomic E-state index is 12.4. The fraction of sp³-hybridized carbons (Fsp3) is 0.385. The Morgan fingerprint density at radius 1 is 1.53 bits per heavy atom. The van der Waals surface area contributed by atoms with Gasteiger partial charge in [-0.05, 0) is 19.4 Å². The Bertz CT molecular complexity index is 458. The second kappa shape index (κ2) is 4.39. The molecule has 17 heavy (non-hydrogen) atoms. The summed E-state index contributed by atoms with van der Waals surface area (Å²) in [4.78, 5) is 28.8. The predicted molar refractivity (Wildman–Crippen MR) is 62.6 cm³/mol. The van der Waals surface area contributed by atoms with Gasteiger partial charge < -0.3 is 0 Å². The van der Waals surface area contributed by atoms with Crippen molar-refractivity contribution in [3.05, 3.63) is 35.4 Å². The number of carbonyl (C=O) groups is 2. The summed E-state index contributed by atoms with van der Waals surface area (Å²) in [5.74, 6) is -0.276. The van der Waals surface area contributed by atoms with Gasteiger partial charge in [0.2, 0.25) is 11.4 Å². The summed E-state index contributed by atoms with van der Waals surface area (Å²) in [7, 11) is 0. The number of rotatable bonds is 3. The Morgan fingerprint density at radius 3 is 2.76 bits per heavy atom. The number of carbonyl (C=O) groups excluding carboxylic acids is 2. The van der Waals surface area contributed by atoms with Crippen LogP contribution in [-0.4, -0.2) is 23.7 Å². The molecule has 90 valence electrons. The van der Waals surface area contributed by atoms with E-state index in [9.17, 15) is 9.59 Å². The third kappa shape index (κ3) is 2.01. The molecule has 1 saturated heterocycles. The van der Waals surface area contributed by atoms with Crippen molar-refractivity contribution in [1.82, 2.24) is 5.48 Å². The number of Topliss-reactive ketones (excluding diaryl/α,β-unsaturated/α-hetero) is 1. The molecule has 1 aromatic rings. The first kappa shape index (κ1) is 12.0. The molecule has 1 aliphatic rings. The summed E-state index contributed by atoms with van der Waals surface area (Å²) < 4.78 is 0. The lowest BCUT2D eigenvalue weighted by atomic mass is 9.88. The quantitative estimate of drug-likeness (QED) is 0.487. The van der Waals surface area contributed by atoms with Crippen LogP contribution in [0.3, 0.4) is 0 Å². The average Bonchev–Trinajstić information content (AvgIpc) is 2.72. The normalized spacial score (nSPS) is 28.0. The van der Waals surface area contributed by atoms with Crippen LogP contribution in [0.1, 0.15) is 29.3 Å². The van der Waals surface area contributed by atoms with Crippen molar-refractivity contribution >= 4 is 12.1 Å². The summed E-state index contributed by atoms with van der Waals surface area (Å²) in [5, 5.41) is 0. The van der Waals surface area contributed by atoms with Gasteiger partial charge in [0.1, 0.15) is 0 Å². The lowest BCUT2D eigenvalue weighted by molar-refractivity contribution is -0.125. The van der Waals surface area contributed by atoms with E-state index < -0.39 is 5.60 Å². The van der Waals surface area contributed by atoms with Crippen molar-refractivity contribution in [2.45, 2.75) is 31.9 Å². The summed E-state index contributed by atoms with van der Waals surface area (Å²) in [6, 6.07) is 7.20. The van der Waals surface area contributed by atoms with E-state index in [0.717, 1.165) is 5.56 Å². The molecule has 0 aliphatic carbocycles. The largest absolute Gasteiger partial charge is 0.300 e. The fourth-order valence-electron chi connectivity index (χ4n) is 2.06. The van der Waals surface area contributed by atoms with E-state index in [-0.39, 0.29) is 11.8 Å². The number of benzene rings is 1. The van der Waals surface area contributed by atoms with Gasteiger partial charge in [-0.2, -0.15) is 5.48 Å². The van der Waals surface area contributed by atoms with Gasteiger partial charge >= 0.3 is 0 Å². The molecule has 1 aliphatic heterocycles. The number of ketones is 1. The Morgan fingerprint density at radius 2 is 2.24 bits per heavy atom. The number of aldehydes is 1. The third-order valence-corrected chi connectivity index (χ3v) is 3.02. The van der Waals surface area contributed by atoms with Crippen molar-refractivity contribution in [1.29, 1.82) is 0 Å². The average molecular weight is 233 g/mol. The van der Waals surface area contributed by atoms with Gasteiger partial charge in [0.15, 0.2) is 6.29 Å². The van der Waals surface area contributed by atoms with Crippen molar-refractivity contribution in [2.75, 3.05) is 0 Å². The SMILES string of the molecule is Cc1ccccc1C(=O)[C@]1(C=O)CC(C)NO1. The van der Waals surface area contributed by atoms with Gasteiger partial charge in [-0.3, -0.25) is 14.4 Å². The Balaban J connectivity index is 2.37.